The largest absolute Gasteiger partial charge is 0.369 e. The van der Waals surface area contributed by atoms with Gasteiger partial charge >= 0.3 is 0 Å². The Hall–Kier alpha value is -3.06. The van der Waals surface area contributed by atoms with Crippen LogP contribution in [0, 0.1) is 0 Å². The number of nitrogens with zero attached hydrogens (tertiary/aromatic N) is 3. The molecule has 6 nitrogen and oxygen atoms in total. The second-order valence-electron chi connectivity index (χ2n) is 7.38. The molecule has 7 heteroatoms. The molecule has 3 rings (SSSR count). The van der Waals surface area contributed by atoms with Crippen molar-refractivity contribution in [2.75, 3.05) is 22.5 Å². The maximum atomic E-state index is 12.8. The first-order valence-corrected chi connectivity index (χ1v) is 11.3. The topological polar surface area (TPSA) is 67.2 Å². The van der Waals surface area contributed by atoms with Gasteiger partial charge in [-0.15, -0.1) is 6.58 Å². The minimum absolute atomic E-state index is 0.130. The highest BCUT2D eigenvalue weighted by Gasteiger charge is 2.13. The average molecular weight is 437 g/mol. The average Bonchev–Trinajstić information content (AvgIpc) is 2.76. The molecule has 31 heavy (non-hydrogen) atoms. The molecule has 0 aliphatic heterocycles. The Morgan fingerprint density at radius 3 is 2.58 bits per heavy atom. The van der Waals surface area contributed by atoms with Crippen LogP contribution in [0.2, 0.25) is 0 Å². The van der Waals surface area contributed by atoms with Gasteiger partial charge < -0.3 is 10.2 Å². The van der Waals surface area contributed by atoms with Gasteiger partial charge in [0.2, 0.25) is 5.91 Å². The maximum Gasteiger partial charge on any atom is 0.262 e. The van der Waals surface area contributed by atoms with E-state index in [1.807, 2.05) is 36.4 Å². The van der Waals surface area contributed by atoms with Crippen molar-refractivity contribution in [1.82, 2.24) is 9.55 Å². The Morgan fingerprint density at radius 2 is 1.94 bits per heavy atom. The van der Waals surface area contributed by atoms with Gasteiger partial charge in [-0.25, -0.2) is 4.98 Å². The molecule has 0 aliphatic rings. The van der Waals surface area contributed by atoms with Crippen molar-refractivity contribution >= 4 is 39.9 Å². The standard InChI is InChI=1S/C24H28N4O2S/c1-5-15-28-23(30)20-9-7-8-10-21(20)26-24(28)31-16-22(29)25-18-11-13-19(14-12-18)27(6-2)17(3)4/h5,7-14,17H,1,6,15-16H2,2-4H3,(H,25,29). The number of hydrogen-bond donors (Lipinski definition) is 1. The van der Waals surface area contributed by atoms with Crippen LogP contribution in [0.5, 0.6) is 0 Å². The molecule has 0 unspecified atom stereocenters. The molecule has 0 atom stereocenters. The van der Waals surface area contributed by atoms with Crippen LogP contribution in [-0.2, 0) is 11.3 Å². The van der Waals surface area contributed by atoms with Crippen molar-refractivity contribution < 1.29 is 4.79 Å². The predicted octanol–water partition coefficient (Wildman–Crippen LogP) is 4.55. The van der Waals surface area contributed by atoms with E-state index >= 15 is 0 Å². The summed E-state index contributed by atoms with van der Waals surface area (Å²) < 4.78 is 1.55. The molecule has 0 bridgehead atoms. The number of hydrogen-bond acceptors (Lipinski definition) is 5. The lowest BCUT2D eigenvalue weighted by molar-refractivity contribution is -0.113. The monoisotopic (exact) mass is 436 g/mol. The van der Waals surface area contributed by atoms with Crippen molar-refractivity contribution in [2.45, 2.75) is 38.5 Å². The molecule has 0 spiro atoms. The second kappa shape index (κ2) is 10.3. The Balaban J connectivity index is 1.71. The van der Waals surface area contributed by atoms with E-state index in [-0.39, 0.29) is 17.2 Å². The van der Waals surface area contributed by atoms with Crippen LogP contribution in [0.3, 0.4) is 0 Å². The SMILES string of the molecule is C=CCn1c(SCC(=O)Nc2ccc(N(CC)C(C)C)cc2)nc2ccccc2c1=O. The van der Waals surface area contributed by atoms with E-state index in [4.69, 9.17) is 0 Å². The quantitative estimate of drug-likeness (QED) is 0.303. The van der Waals surface area contributed by atoms with Gasteiger partial charge in [0.05, 0.1) is 16.7 Å². The van der Waals surface area contributed by atoms with E-state index in [0.29, 0.717) is 28.6 Å². The summed E-state index contributed by atoms with van der Waals surface area (Å²) in [4.78, 5) is 32.2. The number of carbonyl (C=O) groups is 1. The highest BCUT2D eigenvalue weighted by atomic mass is 32.2. The molecule has 1 amide bonds. The number of fused-ring (bicyclic) bond motifs is 1. The predicted molar refractivity (Wildman–Crippen MR) is 130 cm³/mol. The number of amides is 1. The Labute approximate surface area is 187 Å². The minimum Gasteiger partial charge on any atom is -0.369 e. The van der Waals surface area contributed by atoms with Gasteiger partial charge in [0.15, 0.2) is 5.16 Å². The van der Waals surface area contributed by atoms with Gasteiger partial charge in [-0.05, 0) is 57.2 Å². The number of rotatable bonds is 9. The van der Waals surface area contributed by atoms with E-state index in [9.17, 15) is 9.59 Å². The maximum absolute atomic E-state index is 12.8. The first-order chi connectivity index (χ1) is 14.9. The van der Waals surface area contributed by atoms with Crippen molar-refractivity contribution in [2.24, 2.45) is 0 Å². The van der Waals surface area contributed by atoms with Crippen molar-refractivity contribution in [3.8, 4) is 0 Å². The van der Waals surface area contributed by atoms with Crippen molar-refractivity contribution in [3.05, 3.63) is 71.5 Å². The molecular weight excluding hydrogens is 408 g/mol. The summed E-state index contributed by atoms with van der Waals surface area (Å²) in [6.07, 6.45) is 1.65. The lowest BCUT2D eigenvalue weighted by Crippen LogP contribution is -2.30. The summed E-state index contributed by atoms with van der Waals surface area (Å²) >= 11 is 1.24. The summed E-state index contributed by atoms with van der Waals surface area (Å²) in [5, 5.41) is 3.98. The van der Waals surface area contributed by atoms with Crippen LogP contribution < -0.4 is 15.8 Å². The molecule has 0 saturated heterocycles. The van der Waals surface area contributed by atoms with E-state index < -0.39 is 0 Å². The van der Waals surface area contributed by atoms with Crippen molar-refractivity contribution in [3.63, 3.8) is 0 Å². The first kappa shape index (κ1) is 22.6. The van der Waals surface area contributed by atoms with Crippen LogP contribution in [0.15, 0.2) is 71.1 Å². The van der Waals surface area contributed by atoms with E-state index in [2.05, 4.69) is 42.6 Å². The molecule has 0 aliphatic carbocycles. The molecule has 1 aromatic heterocycles. The number of aromatic nitrogens is 2. The van der Waals surface area contributed by atoms with Gasteiger partial charge in [-0.1, -0.05) is 30.0 Å². The molecule has 0 saturated carbocycles. The zero-order valence-corrected chi connectivity index (χ0v) is 19.0. The fourth-order valence-corrected chi connectivity index (χ4v) is 4.27. The smallest absolute Gasteiger partial charge is 0.262 e. The summed E-state index contributed by atoms with van der Waals surface area (Å²) in [7, 11) is 0. The molecule has 162 valence electrons. The third-order valence-corrected chi connectivity index (χ3v) is 5.89. The highest BCUT2D eigenvalue weighted by Crippen LogP contribution is 2.21. The zero-order chi connectivity index (χ0) is 22.4. The Morgan fingerprint density at radius 1 is 1.23 bits per heavy atom. The van der Waals surface area contributed by atoms with E-state index in [0.717, 1.165) is 17.9 Å². The highest BCUT2D eigenvalue weighted by molar-refractivity contribution is 7.99. The molecule has 1 N–H and O–H groups in total. The lowest BCUT2D eigenvalue weighted by atomic mass is 10.2. The summed E-state index contributed by atoms with van der Waals surface area (Å²) in [6, 6.07) is 15.5. The Kier molecular flexibility index (Phi) is 7.52. The fraction of sp³-hybridized carbons (Fsp3) is 0.292. The first-order valence-electron chi connectivity index (χ1n) is 10.3. The minimum atomic E-state index is -0.151. The van der Waals surface area contributed by atoms with Crippen LogP contribution >= 0.6 is 11.8 Å². The second-order valence-corrected chi connectivity index (χ2v) is 8.32. The summed E-state index contributed by atoms with van der Waals surface area (Å²) in [5.41, 5.74) is 2.36. The Bertz CT molecular complexity index is 1120. The van der Waals surface area contributed by atoms with Crippen molar-refractivity contribution in [1.29, 1.82) is 0 Å². The number of anilines is 2. The zero-order valence-electron chi connectivity index (χ0n) is 18.2. The third kappa shape index (κ3) is 5.35. The third-order valence-electron chi connectivity index (χ3n) is 4.92. The van der Waals surface area contributed by atoms with Crippen LogP contribution in [0.25, 0.3) is 10.9 Å². The van der Waals surface area contributed by atoms with Gasteiger partial charge in [0.1, 0.15) is 0 Å². The number of nitrogens with one attached hydrogen (secondary N) is 1. The summed E-state index contributed by atoms with van der Waals surface area (Å²) in [5.74, 6) is -0.00182. The molecule has 2 aromatic carbocycles. The van der Waals surface area contributed by atoms with Gasteiger partial charge in [-0.2, -0.15) is 0 Å². The molecule has 0 radical (unpaired) electrons. The van der Waals surface area contributed by atoms with Gasteiger partial charge in [-0.3, -0.25) is 14.2 Å². The molecular formula is C24H28N4O2S. The van der Waals surface area contributed by atoms with Gasteiger partial charge in [0.25, 0.3) is 5.56 Å². The van der Waals surface area contributed by atoms with E-state index in [1.54, 1.807) is 22.8 Å². The van der Waals surface area contributed by atoms with E-state index in [1.165, 1.54) is 11.8 Å². The number of carbonyl (C=O) groups excluding carboxylic acids is 1. The number of benzene rings is 2. The fourth-order valence-electron chi connectivity index (χ4n) is 3.46. The number of allylic oxidation sites excluding steroid dienone is 1. The molecule has 0 fully saturated rings. The van der Waals surface area contributed by atoms with Crippen LogP contribution in [0.1, 0.15) is 20.8 Å². The lowest BCUT2D eigenvalue weighted by Gasteiger charge is -2.27. The number of para-hydroxylation sites is 1. The normalized spacial score (nSPS) is 11.0. The number of thioether (sulfide) groups is 1. The van der Waals surface area contributed by atoms with Crippen LogP contribution in [-0.4, -0.2) is 33.8 Å². The summed E-state index contributed by atoms with van der Waals surface area (Å²) in [6.45, 7) is 11.4. The van der Waals surface area contributed by atoms with Gasteiger partial charge in [0, 0.05) is 30.5 Å². The molecule has 1 heterocycles. The molecule has 3 aromatic rings. The van der Waals surface area contributed by atoms with Crippen LogP contribution in [0.4, 0.5) is 11.4 Å².